The van der Waals surface area contributed by atoms with Gasteiger partial charge in [0, 0.05) is 18.8 Å². The van der Waals surface area contributed by atoms with Crippen LogP contribution in [0.5, 0.6) is 0 Å². The average Bonchev–Trinajstić information content (AvgIpc) is 2.78. The van der Waals surface area contributed by atoms with Crippen molar-refractivity contribution in [3.8, 4) is 0 Å². The van der Waals surface area contributed by atoms with E-state index in [0.717, 1.165) is 25.5 Å². The number of benzene rings is 1. The molecule has 0 saturated heterocycles. The molecule has 0 aliphatic carbocycles. The van der Waals surface area contributed by atoms with Crippen molar-refractivity contribution in [2.45, 2.75) is 13.3 Å². The summed E-state index contributed by atoms with van der Waals surface area (Å²) in [6.45, 7) is 8.34. The minimum Gasteiger partial charge on any atom is -0.356 e. The van der Waals surface area contributed by atoms with Crippen LogP contribution in [0.25, 0.3) is 0 Å². The highest BCUT2D eigenvalue weighted by Gasteiger charge is 2.21. The third-order valence-electron chi connectivity index (χ3n) is 2.85. The minimum absolute atomic E-state index is 0.654. The Bertz CT molecular complexity index is 423. The lowest BCUT2D eigenvalue weighted by Gasteiger charge is -2.22. The molecule has 1 aliphatic rings. The zero-order valence-corrected chi connectivity index (χ0v) is 10.3. The molecule has 1 aliphatic heterocycles. The fourth-order valence-electron chi connectivity index (χ4n) is 2.10. The molecular weight excluding hydrogens is 210 g/mol. The number of anilines is 1. The van der Waals surface area contributed by atoms with Gasteiger partial charge in [0.1, 0.15) is 0 Å². The molecule has 0 amide bonds. The van der Waals surface area contributed by atoms with Gasteiger partial charge in [-0.2, -0.15) is 0 Å². The molecule has 0 aromatic heterocycles. The molecule has 1 aromatic carbocycles. The van der Waals surface area contributed by atoms with Crippen LogP contribution >= 0.6 is 0 Å². The standard InChI is InChI=1S/C14H19N3/c1-3-10-16-14(15-4-2)17-11-9-12-7-5-6-8-13(12)17/h3,5-8H,1,4,9-11H2,2H3,(H,15,16). The number of guanidine groups is 1. The molecule has 0 saturated carbocycles. The lowest BCUT2D eigenvalue weighted by atomic mass is 10.2. The fourth-order valence-corrected chi connectivity index (χ4v) is 2.10. The van der Waals surface area contributed by atoms with E-state index in [1.807, 2.05) is 6.08 Å². The van der Waals surface area contributed by atoms with Gasteiger partial charge in [0.15, 0.2) is 5.96 Å². The topological polar surface area (TPSA) is 27.6 Å². The van der Waals surface area contributed by atoms with E-state index >= 15 is 0 Å². The second-order valence-corrected chi connectivity index (χ2v) is 4.01. The van der Waals surface area contributed by atoms with Crippen molar-refractivity contribution in [1.29, 1.82) is 0 Å². The Kier molecular flexibility index (Phi) is 3.81. The zero-order chi connectivity index (χ0) is 12.1. The van der Waals surface area contributed by atoms with E-state index in [4.69, 9.17) is 0 Å². The third kappa shape index (κ3) is 2.49. The van der Waals surface area contributed by atoms with Crippen molar-refractivity contribution in [2.75, 3.05) is 24.5 Å². The number of fused-ring (bicyclic) bond motifs is 1. The first-order valence-electron chi connectivity index (χ1n) is 6.11. The van der Waals surface area contributed by atoms with E-state index in [9.17, 15) is 0 Å². The smallest absolute Gasteiger partial charge is 0.198 e. The zero-order valence-electron chi connectivity index (χ0n) is 10.3. The highest BCUT2D eigenvalue weighted by atomic mass is 15.3. The largest absolute Gasteiger partial charge is 0.356 e. The van der Waals surface area contributed by atoms with E-state index < -0.39 is 0 Å². The Balaban J connectivity index is 2.24. The molecule has 0 fully saturated rings. The van der Waals surface area contributed by atoms with E-state index in [0.29, 0.717) is 6.54 Å². The Morgan fingerprint density at radius 2 is 2.35 bits per heavy atom. The van der Waals surface area contributed by atoms with Gasteiger partial charge in [-0.3, -0.25) is 0 Å². The van der Waals surface area contributed by atoms with E-state index in [2.05, 4.69) is 53.0 Å². The van der Waals surface area contributed by atoms with Crippen LogP contribution in [0.4, 0.5) is 5.69 Å². The van der Waals surface area contributed by atoms with E-state index in [-0.39, 0.29) is 0 Å². The van der Waals surface area contributed by atoms with Crippen molar-refractivity contribution >= 4 is 11.6 Å². The highest BCUT2D eigenvalue weighted by molar-refractivity contribution is 5.98. The molecule has 3 nitrogen and oxygen atoms in total. The van der Waals surface area contributed by atoms with E-state index in [1.54, 1.807) is 0 Å². The second-order valence-electron chi connectivity index (χ2n) is 4.01. The Labute approximate surface area is 103 Å². The van der Waals surface area contributed by atoms with Gasteiger partial charge in [-0.15, -0.1) is 6.58 Å². The Hall–Kier alpha value is -1.77. The molecule has 0 radical (unpaired) electrons. The Morgan fingerprint density at radius 3 is 3.12 bits per heavy atom. The predicted molar refractivity (Wildman–Crippen MR) is 73.7 cm³/mol. The van der Waals surface area contributed by atoms with Gasteiger partial charge in [-0.05, 0) is 25.0 Å². The summed E-state index contributed by atoms with van der Waals surface area (Å²) in [6, 6.07) is 8.51. The predicted octanol–water partition coefficient (Wildman–Crippen LogP) is 2.20. The summed E-state index contributed by atoms with van der Waals surface area (Å²) in [5.41, 5.74) is 2.67. The number of rotatable bonds is 3. The fraction of sp³-hybridized carbons (Fsp3) is 0.357. The molecule has 0 bridgehead atoms. The summed E-state index contributed by atoms with van der Waals surface area (Å²) < 4.78 is 0. The van der Waals surface area contributed by atoms with Crippen LogP contribution < -0.4 is 10.2 Å². The lowest BCUT2D eigenvalue weighted by molar-refractivity contribution is 0.896. The van der Waals surface area contributed by atoms with Gasteiger partial charge in [0.05, 0.1) is 6.54 Å². The van der Waals surface area contributed by atoms with Crippen molar-refractivity contribution in [1.82, 2.24) is 5.32 Å². The molecule has 2 rings (SSSR count). The van der Waals surface area contributed by atoms with Gasteiger partial charge in [0.2, 0.25) is 0 Å². The quantitative estimate of drug-likeness (QED) is 0.489. The van der Waals surface area contributed by atoms with Crippen LogP contribution in [0.1, 0.15) is 12.5 Å². The van der Waals surface area contributed by atoms with Crippen LogP contribution in [0.3, 0.4) is 0 Å². The number of hydrogen-bond donors (Lipinski definition) is 1. The normalized spacial score (nSPS) is 14.6. The van der Waals surface area contributed by atoms with Crippen LogP contribution in [0.2, 0.25) is 0 Å². The lowest BCUT2D eigenvalue weighted by Crippen LogP contribution is -2.40. The van der Waals surface area contributed by atoms with Gasteiger partial charge < -0.3 is 10.2 Å². The SMILES string of the molecule is C=CCN=C(NCC)N1CCc2ccccc21. The molecule has 1 N–H and O–H groups in total. The maximum atomic E-state index is 4.53. The van der Waals surface area contributed by atoms with Crippen LogP contribution in [-0.4, -0.2) is 25.6 Å². The first kappa shape index (κ1) is 11.7. The number of nitrogens with zero attached hydrogens (tertiary/aromatic N) is 2. The highest BCUT2D eigenvalue weighted by Crippen LogP contribution is 2.27. The van der Waals surface area contributed by atoms with Gasteiger partial charge in [0.25, 0.3) is 0 Å². The molecule has 17 heavy (non-hydrogen) atoms. The molecule has 0 unspecified atom stereocenters. The van der Waals surface area contributed by atoms with Crippen molar-refractivity contribution in [2.24, 2.45) is 4.99 Å². The number of hydrogen-bond acceptors (Lipinski definition) is 1. The third-order valence-corrected chi connectivity index (χ3v) is 2.85. The van der Waals surface area contributed by atoms with Crippen LogP contribution in [0.15, 0.2) is 41.9 Å². The summed E-state index contributed by atoms with van der Waals surface area (Å²) in [5.74, 6) is 0.956. The molecule has 3 heteroatoms. The van der Waals surface area contributed by atoms with Crippen LogP contribution in [-0.2, 0) is 6.42 Å². The van der Waals surface area contributed by atoms with Crippen molar-refractivity contribution in [3.05, 3.63) is 42.5 Å². The molecule has 90 valence electrons. The molecule has 0 atom stereocenters. The van der Waals surface area contributed by atoms with Gasteiger partial charge in [-0.1, -0.05) is 24.3 Å². The molecule has 1 aromatic rings. The first-order valence-corrected chi connectivity index (χ1v) is 6.11. The second kappa shape index (κ2) is 5.53. The van der Waals surface area contributed by atoms with Gasteiger partial charge in [-0.25, -0.2) is 4.99 Å². The number of para-hydroxylation sites is 1. The maximum Gasteiger partial charge on any atom is 0.198 e. The summed E-state index contributed by atoms with van der Waals surface area (Å²) in [6.07, 6.45) is 2.91. The summed E-state index contributed by atoms with van der Waals surface area (Å²) in [7, 11) is 0. The number of aliphatic imine (C=N–C) groups is 1. The molecule has 0 spiro atoms. The summed E-state index contributed by atoms with van der Waals surface area (Å²) in [5, 5.41) is 3.33. The summed E-state index contributed by atoms with van der Waals surface area (Å²) in [4.78, 5) is 6.78. The van der Waals surface area contributed by atoms with Gasteiger partial charge >= 0.3 is 0 Å². The Morgan fingerprint density at radius 1 is 1.53 bits per heavy atom. The average molecular weight is 229 g/mol. The maximum absolute atomic E-state index is 4.53. The molecular formula is C14H19N3. The molecule has 1 heterocycles. The van der Waals surface area contributed by atoms with E-state index in [1.165, 1.54) is 11.3 Å². The number of nitrogens with one attached hydrogen (secondary N) is 1. The minimum atomic E-state index is 0.654. The summed E-state index contributed by atoms with van der Waals surface area (Å²) >= 11 is 0. The monoisotopic (exact) mass is 229 g/mol. The first-order chi connectivity index (χ1) is 8.36. The van der Waals surface area contributed by atoms with Crippen LogP contribution in [0, 0.1) is 0 Å². The van der Waals surface area contributed by atoms with Crippen molar-refractivity contribution in [3.63, 3.8) is 0 Å². The van der Waals surface area contributed by atoms with Crippen molar-refractivity contribution < 1.29 is 0 Å².